The van der Waals surface area contributed by atoms with Crippen LogP contribution in [0.1, 0.15) is 19.0 Å². The highest BCUT2D eigenvalue weighted by Gasteiger charge is 2.06. The number of hydrogen-bond donors (Lipinski definition) is 2. The fourth-order valence-electron chi connectivity index (χ4n) is 1.72. The molecule has 108 valence electrons. The van der Waals surface area contributed by atoms with Crippen LogP contribution in [-0.4, -0.2) is 32.8 Å². The first-order valence-electron chi connectivity index (χ1n) is 6.68. The van der Waals surface area contributed by atoms with E-state index in [1.807, 2.05) is 26.2 Å². The molecule has 0 saturated heterocycles. The van der Waals surface area contributed by atoms with Gasteiger partial charge >= 0.3 is 0 Å². The van der Waals surface area contributed by atoms with Gasteiger partial charge in [-0.15, -0.1) is 0 Å². The third kappa shape index (κ3) is 3.91. The summed E-state index contributed by atoms with van der Waals surface area (Å²) in [6.07, 6.45) is 4.73. The first kappa shape index (κ1) is 14.2. The monoisotopic (exact) mass is 278 g/mol. The summed E-state index contributed by atoms with van der Waals surface area (Å²) in [5, 5.41) is 10.3. The quantitative estimate of drug-likeness (QED) is 0.808. The van der Waals surface area contributed by atoms with Crippen molar-refractivity contribution in [2.45, 2.75) is 19.8 Å². The Hall–Kier alpha value is -2.18. The standard InChI is InChI=1S/C13H19FN6/c1-3-6-16-13-17-9-11(14)12(18-13)15-7-4-10-5-8-20(2)19-10/h5,8-9H,3-4,6-7H2,1-2H3,(H2,15,16,17,18). The van der Waals surface area contributed by atoms with Crippen molar-refractivity contribution in [1.82, 2.24) is 19.7 Å². The van der Waals surface area contributed by atoms with E-state index in [9.17, 15) is 4.39 Å². The van der Waals surface area contributed by atoms with E-state index >= 15 is 0 Å². The second kappa shape index (κ2) is 6.83. The van der Waals surface area contributed by atoms with Crippen molar-refractivity contribution in [3.05, 3.63) is 30.0 Å². The van der Waals surface area contributed by atoms with Crippen molar-refractivity contribution in [2.24, 2.45) is 7.05 Å². The zero-order valence-corrected chi connectivity index (χ0v) is 11.7. The van der Waals surface area contributed by atoms with Crippen LogP contribution in [0.3, 0.4) is 0 Å². The fraction of sp³-hybridized carbons (Fsp3) is 0.462. The molecule has 2 aromatic rings. The molecule has 0 bridgehead atoms. The second-order valence-corrected chi connectivity index (χ2v) is 4.47. The number of nitrogens with zero attached hydrogens (tertiary/aromatic N) is 4. The van der Waals surface area contributed by atoms with Gasteiger partial charge in [0.25, 0.3) is 0 Å². The molecule has 2 heterocycles. The van der Waals surface area contributed by atoms with Gasteiger partial charge in [0.05, 0.1) is 11.9 Å². The third-order valence-corrected chi connectivity index (χ3v) is 2.72. The average molecular weight is 278 g/mol. The van der Waals surface area contributed by atoms with Gasteiger partial charge in [0, 0.05) is 32.8 Å². The molecule has 0 aliphatic heterocycles. The molecule has 0 atom stereocenters. The normalized spacial score (nSPS) is 10.6. The van der Waals surface area contributed by atoms with Crippen LogP contribution in [0, 0.1) is 5.82 Å². The second-order valence-electron chi connectivity index (χ2n) is 4.47. The number of halogens is 1. The molecule has 2 N–H and O–H groups in total. The van der Waals surface area contributed by atoms with E-state index in [2.05, 4.69) is 25.7 Å². The summed E-state index contributed by atoms with van der Waals surface area (Å²) in [5.41, 5.74) is 0.957. The Labute approximate surface area is 117 Å². The molecule has 0 unspecified atom stereocenters. The maximum Gasteiger partial charge on any atom is 0.224 e. The van der Waals surface area contributed by atoms with E-state index in [0.717, 1.165) is 18.7 Å². The molecule has 20 heavy (non-hydrogen) atoms. The number of aromatic nitrogens is 4. The number of anilines is 2. The molecule has 0 amide bonds. The van der Waals surface area contributed by atoms with E-state index in [1.165, 1.54) is 6.20 Å². The van der Waals surface area contributed by atoms with Gasteiger partial charge in [0.2, 0.25) is 5.95 Å². The van der Waals surface area contributed by atoms with Crippen LogP contribution in [0.5, 0.6) is 0 Å². The lowest BCUT2D eigenvalue weighted by atomic mass is 10.3. The summed E-state index contributed by atoms with van der Waals surface area (Å²) in [6.45, 7) is 3.37. The average Bonchev–Trinajstić information content (AvgIpc) is 2.85. The predicted molar refractivity (Wildman–Crippen MR) is 76.2 cm³/mol. The van der Waals surface area contributed by atoms with E-state index < -0.39 is 5.82 Å². The van der Waals surface area contributed by atoms with Crippen LogP contribution in [-0.2, 0) is 13.5 Å². The van der Waals surface area contributed by atoms with Crippen LogP contribution in [0.15, 0.2) is 18.5 Å². The molecule has 0 aliphatic rings. The molecule has 0 saturated carbocycles. The summed E-state index contributed by atoms with van der Waals surface area (Å²) in [4.78, 5) is 8.01. The highest BCUT2D eigenvalue weighted by atomic mass is 19.1. The zero-order chi connectivity index (χ0) is 14.4. The van der Waals surface area contributed by atoms with Crippen molar-refractivity contribution in [2.75, 3.05) is 23.7 Å². The summed E-state index contributed by atoms with van der Waals surface area (Å²) >= 11 is 0. The number of hydrogen-bond acceptors (Lipinski definition) is 5. The first-order valence-corrected chi connectivity index (χ1v) is 6.68. The van der Waals surface area contributed by atoms with Crippen LogP contribution < -0.4 is 10.6 Å². The van der Waals surface area contributed by atoms with E-state index in [0.29, 0.717) is 18.9 Å². The molecule has 7 heteroatoms. The van der Waals surface area contributed by atoms with Crippen molar-refractivity contribution in [3.8, 4) is 0 Å². The van der Waals surface area contributed by atoms with Gasteiger partial charge < -0.3 is 10.6 Å². The van der Waals surface area contributed by atoms with Crippen molar-refractivity contribution in [3.63, 3.8) is 0 Å². The van der Waals surface area contributed by atoms with Crippen molar-refractivity contribution in [1.29, 1.82) is 0 Å². The molecule has 0 radical (unpaired) electrons. The minimum absolute atomic E-state index is 0.217. The Kier molecular flexibility index (Phi) is 4.86. The van der Waals surface area contributed by atoms with Gasteiger partial charge in [-0.1, -0.05) is 6.92 Å². The first-order chi connectivity index (χ1) is 9.69. The Morgan fingerprint density at radius 3 is 2.85 bits per heavy atom. The summed E-state index contributed by atoms with van der Waals surface area (Å²) in [7, 11) is 1.87. The smallest absolute Gasteiger partial charge is 0.224 e. The third-order valence-electron chi connectivity index (χ3n) is 2.72. The maximum absolute atomic E-state index is 13.6. The van der Waals surface area contributed by atoms with Crippen LogP contribution in [0.4, 0.5) is 16.2 Å². The van der Waals surface area contributed by atoms with Crippen LogP contribution in [0.25, 0.3) is 0 Å². The van der Waals surface area contributed by atoms with Gasteiger partial charge in [-0.05, 0) is 12.5 Å². The highest BCUT2D eigenvalue weighted by Crippen LogP contribution is 2.11. The molecule has 0 fully saturated rings. The number of rotatable bonds is 7. The Morgan fingerprint density at radius 2 is 2.15 bits per heavy atom. The summed E-state index contributed by atoms with van der Waals surface area (Å²) < 4.78 is 15.3. The lowest BCUT2D eigenvalue weighted by Crippen LogP contribution is -2.11. The molecule has 2 aromatic heterocycles. The maximum atomic E-state index is 13.6. The van der Waals surface area contributed by atoms with E-state index in [1.54, 1.807) is 4.68 Å². The highest BCUT2D eigenvalue weighted by molar-refractivity contribution is 5.41. The number of nitrogens with one attached hydrogen (secondary N) is 2. The van der Waals surface area contributed by atoms with Crippen molar-refractivity contribution >= 4 is 11.8 Å². The van der Waals surface area contributed by atoms with Crippen LogP contribution in [0.2, 0.25) is 0 Å². The Bertz CT molecular complexity index is 554. The van der Waals surface area contributed by atoms with Gasteiger partial charge in [-0.3, -0.25) is 4.68 Å². The molecule has 0 spiro atoms. The zero-order valence-electron chi connectivity index (χ0n) is 11.7. The van der Waals surface area contributed by atoms with E-state index in [4.69, 9.17) is 0 Å². The minimum atomic E-state index is -0.451. The van der Waals surface area contributed by atoms with Crippen molar-refractivity contribution < 1.29 is 4.39 Å². The van der Waals surface area contributed by atoms with Crippen LogP contribution >= 0.6 is 0 Å². The molecule has 0 aliphatic carbocycles. The fourth-order valence-corrected chi connectivity index (χ4v) is 1.72. The Balaban J connectivity index is 1.90. The predicted octanol–water partition coefficient (Wildman–Crippen LogP) is 1.83. The SMILES string of the molecule is CCCNc1ncc(F)c(NCCc2ccn(C)n2)n1. The summed E-state index contributed by atoms with van der Waals surface area (Å²) in [5.74, 6) is 0.205. The minimum Gasteiger partial charge on any atom is -0.367 e. The lowest BCUT2D eigenvalue weighted by molar-refractivity contribution is 0.617. The Morgan fingerprint density at radius 1 is 1.30 bits per heavy atom. The lowest BCUT2D eigenvalue weighted by Gasteiger charge is -2.08. The molecule has 0 aromatic carbocycles. The summed E-state index contributed by atoms with van der Waals surface area (Å²) in [6, 6.07) is 1.94. The topological polar surface area (TPSA) is 67.7 Å². The molecule has 2 rings (SSSR count). The molecular weight excluding hydrogens is 259 g/mol. The van der Waals surface area contributed by atoms with Gasteiger partial charge in [-0.25, -0.2) is 9.37 Å². The number of aryl methyl sites for hydroxylation is 1. The van der Waals surface area contributed by atoms with E-state index in [-0.39, 0.29) is 5.82 Å². The van der Waals surface area contributed by atoms with Gasteiger partial charge in [0.15, 0.2) is 11.6 Å². The van der Waals surface area contributed by atoms with Gasteiger partial charge in [-0.2, -0.15) is 10.1 Å². The van der Waals surface area contributed by atoms with Gasteiger partial charge in [0.1, 0.15) is 0 Å². The largest absolute Gasteiger partial charge is 0.367 e. The molecular formula is C13H19FN6. The molecule has 6 nitrogen and oxygen atoms in total.